The molecular weight excluding hydrogens is 909 g/mol. The number of rotatable bonds is 60. The van der Waals surface area contributed by atoms with Gasteiger partial charge in [0.1, 0.15) is 6.61 Å². The lowest BCUT2D eigenvalue weighted by atomic mass is 10.0. The van der Waals surface area contributed by atoms with Crippen molar-refractivity contribution in [2.24, 2.45) is 0 Å². The van der Waals surface area contributed by atoms with Crippen molar-refractivity contribution in [1.29, 1.82) is 0 Å². The number of hydrogen-bond acceptors (Lipinski definition) is 5. The van der Waals surface area contributed by atoms with Crippen molar-refractivity contribution in [3.05, 3.63) is 72.9 Å². The number of carbonyl (C=O) groups excluding carboxylic acids is 2. The van der Waals surface area contributed by atoms with E-state index >= 15 is 0 Å². The van der Waals surface area contributed by atoms with E-state index in [0.717, 1.165) is 70.6 Å². The van der Waals surface area contributed by atoms with E-state index in [4.69, 9.17) is 9.47 Å². The molecule has 74 heavy (non-hydrogen) atoms. The largest absolute Gasteiger partial charge is 0.462 e. The lowest BCUT2D eigenvalue weighted by Crippen LogP contribution is -2.28. The first-order valence-corrected chi connectivity index (χ1v) is 32.5. The number of unbranched alkanes of at least 4 members (excludes halogenated alkanes) is 40. The van der Waals surface area contributed by atoms with Crippen LogP contribution in [0.5, 0.6) is 0 Å². The molecule has 0 aliphatic heterocycles. The normalized spacial score (nSPS) is 12.6. The summed E-state index contributed by atoms with van der Waals surface area (Å²) in [6, 6.07) is 0. The van der Waals surface area contributed by atoms with Crippen molar-refractivity contribution >= 4 is 11.9 Å². The minimum atomic E-state index is -0.773. The molecule has 1 unspecified atom stereocenters. The van der Waals surface area contributed by atoms with Crippen LogP contribution in [0, 0.1) is 0 Å². The summed E-state index contributed by atoms with van der Waals surface area (Å²) in [6.45, 7) is 4.06. The molecule has 0 heterocycles. The Kier molecular flexibility index (Phi) is 62.3. The Morgan fingerprint density at radius 1 is 0.324 bits per heavy atom. The summed E-state index contributed by atoms with van der Waals surface area (Å²) in [4.78, 5) is 24.6. The number of aliphatic hydroxyl groups is 1. The van der Waals surface area contributed by atoms with Crippen LogP contribution in [0.15, 0.2) is 72.9 Å². The van der Waals surface area contributed by atoms with E-state index in [1.54, 1.807) is 0 Å². The van der Waals surface area contributed by atoms with Crippen molar-refractivity contribution < 1.29 is 24.2 Å². The van der Waals surface area contributed by atoms with E-state index in [-0.39, 0.29) is 25.2 Å². The van der Waals surface area contributed by atoms with E-state index in [0.29, 0.717) is 12.8 Å². The van der Waals surface area contributed by atoms with Crippen molar-refractivity contribution in [3.63, 3.8) is 0 Å². The van der Waals surface area contributed by atoms with Gasteiger partial charge in [-0.05, 0) is 83.5 Å². The van der Waals surface area contributed by atoms with E-state index < -0.39 is 6.10 Å². The second kappa shape index (κ2) is 64.6. The molecule has 5 heteroatoms. The molecule has 0 amide bonds. The second-order valence-corrected chi connectivity index (χ2v) is 21.8. The van der Waals surface area contributed by atoms with Crippen LogP contribution in [-0.2, 0) is 19.1 Å². The predicted octanol–water partition coefficient (Wildman–Crippen LogP) is 22.3. The van der Waals surface area contributed by atoms with Gasteiger partial charge >= 0.3 is 11.9 Å². The minimum Gasteiger partial charge on any atom is -0.462 e. The Hall–Kier alpha value is -2.66. The number of aliphatic hydroxyl groups excluding tert-OH is 1. The fourth-order valence-electron chi connectivity index (χ4n) is 9.64. The van der Waals surface area contributed by atoms with Gasteiger partial charge in [-0.25, -0.2) is 0 Å². The molecule has 0 aromatic carbocycles. The van der Waals surface area contributed by atoms with Crippen molar-refractivity contribution in [1.82, 2.24) is 0 Å². The Morgan fingerprint density at radius 2 is 0.581 bits per heavy atom. The third kappa shape index (κ3) is 61.9. The standard InChI is InChI=1S/C69H124O5/c1-3-5-7-9-11-13-15-17-19-21-23-25-27-29-30-31-32-33-34-35-36-37-38-40-42-44-46-48-50-52-54-56-58-60-62-64-69(72)74-67(65-70)66-73-68(71)63-61-59-57-55-53-51-49-47-45-43-41-39-28-26-24-22-20-18-16-14-12-10-8-6-4-2/h5,7,11,13,16-19,22-25,67,70H,3-4,6,8-10,12,14-15,20-21,26-66H2,1-2H3/b7-5-,13-11-,18-16-,19-17-,24-22-,25-23-. The Labute approximate surface area is 461 Å². The first kappa shape index (κ1) is 71.3. The Morgan fingerprint density at radius 3 is 0.878 bits per heavy atom. The van der Waals surface area contributed by atoms with Gasteiger partial charge in [-0.15, -0.1) is 0 Å². The van der Waals surface area contributed by atoms with Gasteiger partial charge in [-0.2, -0.15) is 0 Å². The summed E-state index contributed by atoms with van der Waals surface area (Å²) in [5, 5.41) is 9.69. The molecule has 430 valence electrons. The maximum Gasteiger partial charge on any atom is 0.306 e. The van der Waals surface area contributed by atoms with Crippen LogP contribution in [0.3, 0.4) is 0 Å². The lowest BCUT2D eigenvalue weighted by Gasteiger charge is -2.15. The van der Waals surface area contributed by atoms with Gasteiger partial charge in [-0.3, -0.25) is 9.59 Å². The molecule has 0 aliphatic rings. The zero-order chi connectivity index (χ0) is 53.4. The summed E-state index contributed by atoms with van der Waals surface area (Å²) in [7, 11) is 0. The number of esters is 2. The van der Waals surface area contributed by atoms with Crippen LogP contribution in [0.25, 0.3) is 0 Å². The summed E-state index contributed by atoms with van der Waals surface area (Å²) in [5.74, 6) is -0.575. The van der Waals surface area contributed by atoms with Crippen LogP contribution in [0.2, 0.25) is 0 Å². The van der Waals surface area contributed by atoms with Crippen LogP contribution >= 0.6 is 0 Å². The number of hydrogen-bond donors (Lipinski definition) is 1. The highest BCUT2D eigenvalue weighted by Gasteiger charge is 2.16. The molecule has 0 saturated carbocycles. The van der Waals surface area contributed by atoms with Gasteiger partial charge in [0.2, 0.25) is 0 Å². The summed E-state index contributed by atoms with van der Waals surface area (Å²) < 4.78 is 10.7. The smallest absolute Gasteiger partial charge is 0.306 e. The first-order chi connectivity index (χ1) is 36.6. The van der Waals surface area contributed by atoms with Gasteiger partial charge in [0.05, 0.1) is 6.61 Å². The SMILES string of the molecule is CC/C=C\C/C=C\C/C=C\C/C=C\CCCCCCCCCCCCCCCCCCCCCCCCC(=O)OC(CO)COC(=O)CCCCCCCCCCCCCCC/C=C\C/C=C\CCCCCCC. The second-order valence-electron chi connectivity index (χ2n) is 21.8. The fraction of sp³-hybridized carbons (Fsp3) is 0.797. The summed E-state index contributed by atoms with van der Waals surface area (Å²) in [6.07, 6.45) is 89.1. The van der Waals surface area contributed by atoms with Gasteiger partial charge in [0.25, 0.3) is 0 Å². The van der Waals surface area contributed by atoms with Crippen LogP contribution < -0.4 is 0 Å². The van der Waals surface area contributed by atoms with Gasteiger partial charge in [0.15, 0.2) is 6.10 Å². The molecule has 0 bridgehead atoms. The zero-order valence-corrected chi connectivity index (χ0v) is 49.4. The highest BCUT2D eigenvalue weighted by atomic mass is 16.6. The van der Waals surface area contributed by atoms with Gasteiger partial charge in [-0.1, -0.05) is 311 Å². The molecular formula is C69H124O5. The Bertz CT molecular complexity index is 1310. The molecule has 0 radical (unpaired) electrons. The predicted molar refractivity (Wildman–Crippen MR) is 325 cm³/mol. The van der Waals surface area contributed by atoms with Gasteiger partial charge < -0.3 is 14.6 Å². The van der Waals surface area contributed by atoms with E-state index in [2.05, 4.69) is 86.8 Å². The molecule has 0 aliphatic carbocycles. The van der Waals surface area contributed by atoms with E-state index in [1.807, 2.05) is 0 Å². The van der Waals surface area contributed by atoms with Crippen molar-refractivity contribution in [3.8, 4) is 0 Å². The molecule has 0 rings (SSSR count). The van der Waals surface area contributed by atoms with Crippen LogP contribution in [0.1, 0.15) is 335 Å². The number of allylic oxidation sites excluding steroid dienone is 12. The third-order valence-electron chi connectivity index (χ3n) is 14.5. The molecule has 1 N–H and O–H groups in total. The maximum atomic E-state index is 12.3. The molecule has 0 aromatic heterocycles. The molecule has 0 spiro atoms. The average molecular weight is 1030 g/mol. The maximum absolute atomic E-state index is 12.3. The van der Waals surface area contributed by atoms with Crippen LogP contribution in [-0.4, -0.2) is 36.4 Å². The molecule has 1 atom stereocenters. The summed E-state index contributed by atoms with van der Waals surface area (Å²) in [5.41, 5.74) is 0. The van der Waals surface area contributed by atoms with Gasteiger partial charge in [0, 0.05) is 12.8 Å². The summed E-state index contributed by atoms with van der Waals surface area (Å²) >= 11 is 0. The number of carbonyl (C=O) groups is 2. The fourth-order valence-corrected chi connectivity index (χ4v) is 9.64. The van der Waals surface area contributed by atoms with E-state index in [1.165, 1.54) is 238 Å². The topological polar surface area (TPSA) is 72.8 Å². The zero-order valence-electron chi connectivity index (χ0n) is 49.4. The monoisotopic (exact) mass is 1030 g/mol. The average Bonchev–Trinajstić information content (AvgIpc) is 3.40. The lowest BCUT2D eigenvalue weighted by molar-refractivity contribution is -0.161. The Balaban J connectivity index is 3.42. The molecule has 0 fully saturated rings. The van der Waals surface area contributed by atoms with Crippen molar-refractivity contribution in [2.45, 2.75) is 341 Å². The molecule has 5 nitrogen and oxygen atoms in total. The molecule has 0 saturated heterocycles. The highest BCUT2D eigenvalue weighted by molar-refractivity contribution is 5.70. The minimum absolute atomic E-state index is 0.0635. The molecule has 0 aromatic rings. The quantitative estimate of drug-likeness (QED) is 0.0373. The highest BCUT2D eigenvalue weighted by Crippen LogP contribution is 2.18. The van der Waals surface area contributed by atoms with Crippen molar-refractivity contribution in [2.75, 3.05) is 13.2 Å². The van der Waals surface area contributed by atoms with E-state index in [9.17, 15) is 14.7 Å². The number of ether oxygens (including phenoxy) is 2. The first-order valence-electron chi connectivity index (χ1n) is 32.5. The van der Waals surface area contributed by atoms with Crippen LogP contribution in [0.4, 0.5) is 0 Å². The third-order valence-corrected chi connectivity index (χ3v) is 14.5.